The molecule has 40 heavy (non-hydrogen) atoms. The molecule has 3 N–H and O–H groups in total. The first kappa shape index (κ1) is 27.9. The van der Waals surface area contributed by atoms with Gasteiger partial charge in [-0.3, -0.25) is 0 Å². The van der Waals surface area contributed by atoms with Gasteiger partial charge in [-0.1, -0.05) is 12.1 Å². The van der Waals surface area contributed by atoms with Gasteiger partial charge in [0.25, 0.3) is 0 Å². The number of aliphatic hydroxyl groups is 1. The van der Waals surface area contributed by atoms with Crippen LogP contribution in [0.3, 0.4) is 0 Å². The predicted molar refractivity (Wildman–Crippen MR) is 152 cm³/mol. The zero-order valence-electron chi connectivity index (χ0n) is 22.4. The van der Waals surface area contributed by atoms with Gasteiger partial charge in [-0.25, -0.2) is 32.3 Å². The summed E-state index contributed by atoms with van der Waals surface area (Å²) in [5.74, 6) is 2.07. The zero-order chi connectivity index (χ0) is 28.1. The van der Waals surface area contributed by atoms with E-state index in [9.17, 15) is 13.5 Å². The van der Waals surface area contributed by atoms with Crippen molar-refractivity contribution < 1.29 is 23.0 Å². The Bertz CT molecular complexity index is 1570. The van der Waals surface area contributed by atoms with Crippen LogP contribution in [0.1, 0.15) is 12.8 Å². The molecule has 1 aromatic carbocycles. The predicted octanol–water partition coefficient (Wildman–Crippen LogP) is 2.16. The molecule has 3 aromatic heterocycles. The second-order valence-corrected chi connectivity index (χ2v) is 11.7. The SMILES string of the molecule is CNC[C@@H](O)COc1cccc(-c2nc(NCC3CCOCC3)cc(-c3cn(S(C)(=O)=O)c4ncncc34)n2)c1. The van der Waals surface area contributed by atoms with Crippen molar-refractivity contribution in [2.24, 2.45) is 5.92 Å². The molecule has 1 aliphatic rings. The van der Waals surface area contributed by atoms with E-state index in [4.69, 9.17) is 19.4 Å². The fraction of sp³-hybridized carbons (Fsp3) is 0.407. The number of benzene rings is 1. The molecule has 0 radical (unpaired) electrons. The average Bonchev–Trinajstić information content (AvgIpc) is 3.36. The van der Waals surface area contributed by atoms with Crippen LogP contribution in [0, 0.1) is 5.92 Å². The van der Waals surface area contributed by atoms with Gasteiger partial charge < -0.3 is 25.2 Å². The Labute approximate surface area is 232 Å². The number of hydrogen-bond donors (Lipinski definition) is 3. The average molecular weight is 568 g/mol. The summed E-state index contributed by atoms with van der Waals surface area (Å²) < 4.78 is 37.5. The van der Waals surface area contributed by atoms with Crippen LogP contribution in [0.2, 0.25) is 0 Å². The molecule has 0 amide bonds. The number of aliphatic hydroxyl groups excluding tert-OH is 1. The Morgan fingerprint density at radius 2 is 2.05 bits per heavy atom. The third-order valence-electron chi connectivity index (χ3n) is 6.68. The lowest BCUT2D eigenvalue weighted by atomic mass is 10.0. The fourth-order valence-corrected chi connectivity index (χ4v) is 5.37. The molecule has 1 aliphatic heterocycles. The molecule has 1 fully saturated rings. The fourth-order valence-electron chi connectivity index (χ4n) is 4.61. The summed E-state index contributed by atoms with van der Waals surface area (Å²) in [5.41, 5.74) is 2.08. The van der Waals surface area contributed by atoms with Gasteiger partial charge in [0.2, 0.25) is 10.0 Å². The van der Waals surface area contributed by atoms with Gasteiger partial charge in [-0.2, -0.15) is 0 Å². The van der Waals surface area contributed by atoms with Crippen molar-refractivity contribution in [3.8, 4) is 28.4 Å². The van der Waals surface area contributed by atoms with Gasteiger partial charge in [0, 0.05) is 61.3 Å². The van der Waals surface area contributed by atoms with Crippen molar-refractivity contribution in [2.45, 2.75) is 18.9 Å². The van der Waals surface area contributed by atoms with Crippen molar-refractivity contribution in [3.63, 3.8) is 0 Å². The Balaban J connectivity index is 1.54. The first-order valence-corrected chi connectivity index (χ1v) is 14.9. The molecule has 0 bridgehead atoms. The van der Waals surface area contributed by atoms with Crippen molar-refractivity contribution in [1.82, 2.24) is 29.2 Å². The molecule has 13 heteroatoms. The summed E-state index contributed by atoms with van der Waals surface area (Å²) in [4.78, 5) is 18.0. The summed E-state index contributed by atoms with van der Waals surface area (Å²) in [6, 6.07) is 9.15. The van der Waals surface area contributed by atoms with E-state index < -0.39 is 16.1 Å². The van der Waals surface area contributed by atoms with Crippen LogP contribution < -0.4 is 15.4 Å². The topological polar surface area (TPSA) is 153 Å². The van der Waals surface area contributed by atoms with Crippen molar-refractivity contribution in [1.29, 1.82) is 0 Å². The van der Waals surface area contributed by atoms with Gasteiger partial charge in [-0.15, -0.1) is 0 Å². The lowest BCUT2D eigenvalue weighted by Gasteiger charge is -2.22. The van der Waals surface area contributed by atoms with Crippen LogP contribution in [0.25, 0.3) is 33.7 Å². The van der Waals surface area contributed by atoms with Gasteiger partial charge in [-0.05, 0) is 37.9 Å². The highest BCUT2D eigenvalue weighted by Crippen LogP contribution is 2.32. The maximum absolute atomic E-state index is 12.5. The maximum atomic E-state index is 12.5. The largest absolute Gasteiger partial charge is 0.491 e. The molecule has 5 rings (SSSR count). The second-order valence-electron chi connectivity index (χ2n) is 9.81. The number of likely N-dealkylation sites (N-methyl/N-ethyl adjacent to an activating group) is 1. The molecule has 1 saturated heterocycles. The number of nitrogens with one attached hydrogen (secondary N) is 2. The van der Waals surface area contributed by atoms with E-state index >= 15 is 0 Å². The minimum Gasteiger partial charge on any atom is -0.491 e. The summed E-state index contributed by atoms with van der Waals surface area (Å²) >= 11 is 0. The highest BCUT2D eigenvalue weighted by molar-refractivity contribution is 7.89. The normalized spacial score (nSPS) is 15.3. The van der Waals surface area contributed by atoms with E-state index in [1.807, 2.05) is 24.3 Å². The van der Waals surface area contributed by atoms with Crippen molar-refractivity contribution in [2.75, 3.05) is 51.5 Å². The molecular formula is C27H33N7O5S. The number of anilines is 1. The van der Waals surface area contributed by atoms with Crippen LogP contribution in [0.4, 0.5) is 5.82 Å². The maximum Gasteiger partial charge on any atom is 0.237 e. The van der Waals surface area contributed by atoms with E-state index in [0.29, 0.717) is 52.1 Å². The summed E-state index contributed by atoms with van der Waals surface area (Å²) in [7, 11) is -1.86. The van der Waals surface area contributed by atoms with E-state index in [2.05, 4.69) is 20.6 Å². The van der Waals surface area contributed by atoms with Crippen LogP contribution >= 0.6 is 0 Å². The number of rotatable bonds is 11. The van der Waals surface area contributed by atoms with Gasteiger partial charge in [0.1, 0.15) is 30.6 Å². The number of aromatic nitrogens is 5. The minimum atomic E-state index is -3.62. The van der Waals surface area contributed by atoms with E-state index in [1.165, 1.54) is 12.5 Å². The number of ether oxygens (including phenoxy) is 2. The second kappa shape index (κ2) is 12.3. The van der Waals surface area contributed by atoms with E-state index in [0.717, 1.165) is 42.8 Å². The van der Waals surface area contributed by atoms with Gasteiger partial charge >= 0.3 is 0 Å². The van der Waals surface area contributed by atoms with Crippen molar-refractivity contribution in [3.05, 3.63) is 49.1 Å². The van der Waals surface area contributed by atoms with Crippen LogP contribution in [-0.2, 0) is 14.8 Å². The third-order valence-corrected chi connectivity index (χ3v) is 7.68. The summed E-state index contributed by atoms with van der Waals surface area (Å²) in [5, 5.41) is 17.0. The molecule has 0 spiro atoms. The summed E-state index contributed by atoms with van der Waals surface area (Å²) in [6.07, 6.45) is 6.84. The Kier molecular flexibility index (Phi) is 8.54. The monoisotopic (exact) mass is 567 g/mol. The number of hydrogen-bond acceptors (Lipinski definition) is 11. The quantitative estimate of drug-likeness (QED) is 0.244. The minimum absolute atomic E-state index is 0.133. The van der Waals surface area contributed by atoms with E-state index in [1.54, 1.807) is 19.3 Å². The molecule has 0 aliphatic carbocycles. The standard InChI is InChI=1S/C27H33N7O5S/c1-28-13-20(35)16-39-21-5-3-4-19(10-21)26-32-24(11-25(33-26)30-12-18-6-8-38-9-7-18)23-15-34(40(2,36)37)27-22(23)14-29-17-31-27/h3-5,10-11,14-15,17-18,20,28,35H,6-9,12-13,16H2,1-2H3,(H,30,32,33)/t20-/m1/s1. The van der Waals surface area contributed by atoms with Crippen LogP contribution in [0.15, 0.2) is 49.1 Å². The van der Waals surface area contributed by atoms with Crippen LogP contribution in [-0.4, -0.2) is 89.8 Å². The van der Waals surface area contributed by atoms with Gasteiger partial charge in [0.15, 0.2) is 11.5 Å². The Morgan fingerprint density at radius 3 is 2.83 bits per heavy atom. The molecule has 0 saturated carbocycles. The molecule has 1 atom stereocenters. The van der Waals surface area contributed by atoms with E-state index in [-0.39, 0.29) is 12.3 Å². The molecule has 4 heterocycles. The molecule has 212 valence electrons. The Morgan fingerprint density at radius 1 is 1.23 bits per heavy atom. The van der Waals surface area contributed by atoms with Crippen molar-refractivity contribution >= 4 is 26.9 Å². The first-order chi connectivity index (χ1) is 19.3. The third kappa shape index (κ3) is 6.55. The van der Waals surface area contributed by atoms with Crippen LogP contribution in [0.5, 0.6) is 5.75 Å². The highest BCUT2D eigenvalue weighted by Gasteiger charge is 2.20. The Hall–Kier alpha value is -3.65. The lowest BCUT2D eigenvalue weighted by molar-refractivity contribution is 0.0699. The molecule has 4 aromatic rings. The number of fused-ring (bicyclic) bond motifs is 1. The zero-order valence-corrected chi connectivity index (χ0v) is 23.3. The van der Waals surface area contributed by atoms with Gasteiger partial charge in [0.05, 0.1) is 11.9 Å². The molecule has 0 unspecified atom stereocenters. The highest BCUT2D eigenvalue weighted by atomic mass is 32.2. The number of nitrogens with zero attached hydrogens (tertiary/aromatic N) is 5. The first-order valence-electron chi connectivity index (χ1n) is 13.1. The smallest absolute Gasteiger partial charge is 0.237 e. The molecule has 12 nitrogen and oxygen atoms in total. The summed E-state index contributed by atoms with van der Waals surface area (Å²) in [6.45, 7) is 2.76. The molecular weight excluding hydrogens is 534 g/mol. The lowest BCUT2D eigenvalue weighted by Crippen LogP contribution is -2.29.